The van der Waals surface area contributed by atoms with Crippen LogP contribution in [0.2, 0.25) is 0 Å². The molecule has 1 aliphatic rings. The van der Waals surface area contributed by atoms with Crippen LogP contribution in [0.4, 0.5) is 5.95 Å². The third-order valence-corrected chi connectivity index (χ3v) is 5.43. The highest BCUT2D eigenvalue weighted by molar-refractivity contribution is 7.98. The van der Waals surface area contributed by atoms with Gasteiger partial charge in [0.2, 0.25) is 11.4 Å². The minimum Gasteiger partial charge on any atom is -0.502 e. The van der Waals surface area contributed by atoms with Crippen LogP contribution in [0.15, 0.2) is 51.0 Å². The number of ether oxygens (including phenoxy) is 1. The lowest BCUT2D eigenvalue weighted by Gasteiger charge is -2.28. The van der Waals surface area contributed by atoms with Crippen molar-refractivity contribution in [2.75, 3.05) is 31.2 Å². The number of aromatic nitrogens is 3. The van der Waals surface area contributed by atoms with Gasteiger partial charge in [0, 0.05) is 19.2 Å². The van der Waals surface area contributed by atoms with Crippen molar-refractivity contribution >= 4 is 17.7 Å². The van der Waals surface area contributed by atoms with Crippen LogP contribution >= 0.6 is 11.8 Å². The zero-order valence-corrected chi connectivity index (χ0v) is 16.2. The van der Waals surface area contributed by atoms with Gasteiger partial charge in [0.05, 0.1) is 24.7 Å². The van der Waals surface area contributed by atoms with E-state index in [9.17, 15) is 9.90 Å². The molecule has 1 aromatic carbocycles. The van der Waals surface area contributed by atoms with E-state index in [4.69, 9.17) is 9.15 Å². The summed E-state index contributed by atoms with van der Waals surface area (Å²) in [5.41, 5.74) is 1.65. The first kappa shape index (κ1) is 18.6. The van der Waals surface area contributed by atoms with Crippen LogP contribution in [0.3, 0.4) is 0 Å². The first-order chi connectivity index (χ1) is 13.6. The van der Waals surface area contributed by atoms with Crippen LogP contribution in [-0.2, 0) is 10.5 Å². The Hall–Kier alpha value is -2.78. The summed E-state index contributed by atoms with van der Waals surface area (Å²) in [6.45, 7) is 4.86. The van der Waals surface area contributed by atoms with Crippen molar-refractivity contribution in [2.45, 2.75) is 17.8 Å². The van der Waals surface area contributed by atoms with Gasteiger partial charge in [-0.25, -0.2) is 0 Å². The molecule has 3 heterocycles. The smallest absolute Gasteiger partial charge is 0.232 e. The van der Waals surface area contributed by atoms with Crippen molar-refractivity contribution < 1.29 is 14.3 Å². The Bertz CT molecular complexity index is 1030. The summed E-state index contributed by atoms with van der Waals surface area (Å²) in [5, 5.41) is 18.9. The zero-order chi connectivity index (χ0) is 19.5. The first-order valence-corrected chi connectivity index (χ1v) is 9.89. The lowest BCUT2D eigenvalue weighted by molar-refractivity contribution is 0.122. The van der Waals surface area contributed by atoms with Crippen LogP contribution in [0, 0.1) is 6.92 Å². The molecule has 4 rings (SSSR count). The van der Waals surface area contributed by atoms with Gasteiger partial charge in [0.15, 0.2) is 10.9 Å². The number of hydrogen-bond acceptors (Lipinski definition) is 8. The standard InChI is InChI=1S/C19H20N4O4S/c1-13-4-2-3-5-15(13)23-18(22-6-8-26-9-7-22)20-21-19(23)28-12-14-10-16(24)17(25)11-27-14/h2-5,10-11,25H,6-9,12H2,1H3. The molecule has 3 aromatic rings. The molecule has 0 radical (unpaired) electrons. The Morgan fingerprint density at radius 2 is 2.00 bits per heavy atom. The van der Waals surface area contributed by atoms with Crippen molar-refractivity contribution in [2.24, 2.45) is 0 Å². The number of para-hydroxylation sites is 1. The van der Waals surface area contributed by atoms with Crippen LogP contribution in [0.1, 0.15) is 11.3 Å². The van der Waals surface area contributed by atoms with Gasteiger partial charge in [-0.15, -0.1) is 10.2 Å². The molecule has 2 aromatic heterocycles. The molecule has 1 saturated heterocycles. The van der Waals surface area contributed by atoms with E-state index < -0.39 is 11.2 Å². The predicted molar refractivity (Wildman–Crippen MR) is 105 cm³/mol. The molecule has 0 aliphatic carbocycles. The minimum absolute atomic E-state index is 0.392. The zero-order valence-electron chi connectivity index (χ0n) is 15.4. The van der Waals surface area contributed by atoms with Crippen LogP contribution in [0.25, 0.3) is 5.69 Å². The van der Waals surface area contributed by atoms with E-state index >= 15 is 0 Å². The Kier molecular flexibility index (Phi) is 5.36. The van der Waals surface area contributed by atoms with E-state index in [2.05, 4.69) is 15.1 Å². The molecular formula is C19H20N4O4S. The van der Waals surface area contributed by atoms with Gasteiger partial charge < -0.3 is 19.2 Å². The topological polar surface area (TPSA) is 93.6 Å². The van der Waals surface area contributed by atoms with E-state index in [-0.39, 0.29) is 0 Å². The third-order valence-electron chi connectivity index (χ3n) is 4.48. The van der Waals surface area contributed by atoms with Gasteiger partial charge in [0.1, 0.15) is 12.0 Å². The second-order valence-corrected chi connectivity index (χ2v) is 7.33. The van der Waals surface area contributed by atoms with Crippen LogP contribution in [0.5, 0.6) is 5.75 Å². The number of morpholine rings is 1. The molecule has 1 N–H and O–H groups in total. The number of nitrogens with zero attached hydrogens (tertiary/aromatic N) is 4. The number of aryl methyl sites for hydroxylation is 1. The number of hydrogen-bond donors (Lipinski definition) is 1. The van der Waals surface area contributed by atoms with Gasteiger partial charge in [-0.05, 0) is 18.6 Å². The van der Waals surface area contributed by atoms with Crippen molar-refractivity contribution in [1.82, 2.24) is 14.8 Å². The Morgan fingerprint density at radius 3 is 2.75 bits per heavy atom. The number of aromatic hydroxyl groups is 1. The fourth-order valence-corrected chi connectivity index (χ4v) is 3.83. The van der Waals surface area contributed by atoms with Gasteiger partial charge in [-0.1, -0.05) is 30.0 Å². The lowest BCUT2D eigenvalue weighted by Crippen LogP contribution is -2.38. The van der Waals surface area contributed by atoms with Crippen LogP contribution in [-0.4, -0.2) is 46.2 Å². The second-order valence-electron chi connectivity index (χ2n) is 6.39. The third kappa shape index (κ3) is 3.76. The summed E-state index contributed by atoms with van der Waals surface area (Å²) >= 11 is 1.42. The van der Waals surface area contributed by atoms with Crippen molar-refractivity contribution in [3.05, 3.63) is 58.1 Å². The van der Waals surface area contributed by atoms with E-state index in [1.54, 1.807) is 0 Å². The van der Waals surface area contributed by atoms with Crippen molar-refractivity contribution in [1.29, 1.82) is 0 Å². The number of rotatable bonds is 5. The molecule has 0 saturated carbocycles. The first-order valence-electron chi connectivity index (χ1n) is 8.91. The van der Waals surface area contributed by atoms with E-state index in [0.29, 0.717) is 29.9 Å². The van der Waals surface area contributed by atoms with Gasteiger partial charge in [0.25, 0.3) is 0 Å². The van der Waals surface area contributed by atoms with Gasteiger partial charge in [-0.3, -0.25) is 9.36 Å². The largest absolute Gasteiger partial charge is 0.502 e. The Labute approximate surface area is 165 Å². The van der Waals surface area contributed by atoms with Crippen molar-refractivity contribution in [3.63, 3.8) is 0 Å². The van der Waals surface area contributed by atoms with Crippen molar-refractivity contribution in [3.8, 4) is 11.4 Å². The summed E-state index contributed by atoms with van der Waals surface area (Å²) in [6, 6.07) is 9.35. The molecule has 0 spiro atoms. The van der Waals surface area contributed by atoms with Gasteiger partial charge in [-0.2, -0.15) is 0 Å². The maximum absolute atomic E-state index is 11.6. The maximum atomic E-state index is 11.6. The highest BCUT2D eigenvalue weighted by atomic mass is 32.2. The van der Waals surface area contributed by atoms with E-state index in [0.717, 1.165) is 36.6 Å². The Morgan fingerprint density at radius 1 is 1.21 bits per heavy atom. The molecule has 8 nitrogen and oxygen atoms in total. The molecular weight excluding hydrogens is 380 g/mol. The van der Waals surface area contributed by atoms with Crippen LogP contribution < -0.4 is 10.3 Å². The second kappa shape index (κ2) is 8.07. The average Bonchev–Trinajstić information content (AvgIpc) is 3.13. The predicted octanol–water partition coefficient (Wildman–Crippen LogP) is 2.36. The normalized spacial score (nSPS) is 14.4. The molecule has 9 heteroatoms. The lowest BCUT2D eigenvalue weighted by atomic mass is 10.2. The van der Waals surface area contributed by atoms with E-state index in [1.165, 1.54) is 17.8 Å². The molecule has 146 valence electrons. The average molecular weight is 400 g/mol. The molecule has 1 aliphatic heterocycles. The molecule has 0 unspecified atom stereocenters. The summed E-state index contributed by atoms with van der Waals surface area (Å²) < 4.78 is 12.8. The molecule has 0 bridgehead atoms. The number of thioether (sulfide) groups is 1. The summed E-state index contributed by atoms with van der Waals surface area (Å²) in [6.07, 6.45) is 1.06. The molecule has 0 atom stereocenters. The highest BCUT2D eigenvalue weighted by Gasteiger charge is 2.22. The number of benzene rings is 1. The fraction of sp³-hybridized carbons (Fsp3) is 0.316. The molecule has 28 heavy (non-hydrogen) atoms. The molecule has 1 fully saturated rings. The van der Waals surface area contributed by atoms with E-state index in [1.807, 2.05) is 35.8 Å². The Balaban J connectivity index is 1.68. The summed E-state index contributed by atoms with van der Waals surface area (Å²) in [5.74, 6) is 1.22. The maximum Gasteiger partial charge on any atom is 0.232 e. The monoisotopic (exact) mass is 400 g/mol. The number of anilines is 1. The fourth-order valence-electron chi connectivity index (χ4n) is 3.00. The SMILES string of the molecule is Cc1ccccc1-n1c(SCc2cc(=O)c(O)co2)nnc1N1CCOCC1. The summed E-state index contributed by atoms with van der Waals surface area (Å²) in [4.78, 5) is 13.8. The molecule has 0 amide bonds. The quantitative estimate of drug-likeness (QED) is 0.653. The summed E-state index contributed by atoms with van der Waals surface area (Å²) in [7, 11) is 0. The minimum atomic E-state index is -0.462. The van der Waals surface area contributed by atoms with Gasteiger partial charge >= 0.3 is 0 Å². The highest BCUT2D eigenvalue weighted by Crippen LogP contribution is 2.30.